The van der Waals surface area contributed by atoms with Crippen LogP contribution in [0.25, 0.3) is 0 Å². The fourth-order valence-corrected chi connectivity index (χ4v) is 1.71. The topological polar surface area (TPSA) is 71.2 Å². The van der Waals surface area contributed by atoms with E-state index in [4.69, 9.17) is 4.74 Å². The molecule has 0 aliphatic carbocycles. The van der Waals surface area contributed by atoms with Crippen molar-refractivity contribution in [2.24, 2.45) is 0 Å². The van der Waals surface area contributed by atoms with Gasteiger partial charge in [0.15, 0.2) is 0 Å². The van der Waals surface area contributed by atoms with E-state index in [1.165, 1.54) is 12.3 Å². The molecule has 0 fully saturated rings. The van der Waals surface area contributed by atoms with E-state index in [2.05, 4.69) is 10.3 Å². The zero-order valence-corrected chi connectivity index (χ0v) is 11.3. The van der Waals surface area contributed by atoms with Gasteiger partial charge in [-0.05, 0) is 32.0 Å². The van der Waals surface area contributed by atoms with Crippen molar-refractivity contribution in [1.29, 1.82) is 0 Å². The number of hydrogen-bond donors (Lipinski definition) is 2. The van der Waals surface area contributed by atoms with Crippen molar-refractivity contribution in [1.82, 2.24) is 4.98 Å². The minimum absolute atomic E-state index is 0.00706. The Morgan fingerprint density at radius 3 is 2.70 bits per heavy atom. The van der Waals surface area contributed by atoms with Crippen LogP contribution < -0.4 is 15.6 Å². The molecule has 1 aromatic heterocycles. The van der Waals surface area contributed by atoms with Gasteiger partial charge >= 0.3 is 0 Å². The summed E-state index contributed by atoms with van der Waals surface area (Å²) >= 11 is 0. The van der Waals surface area contributed by atoms with Crippen LogP contribution in [0.1, 0.15) is 24.2 Å². The second-order valence-corrected chi connectivity index (χ2v) is 4.56. The number of amides is 1. The summed E-state index contributed by atoms with van der Waals surface area (Å²) in [5.74, 6) is 0.247. The van der Waals surface area contributed by atoms with Crippen LogP contribution in [-0.4, -0.2) is 17.0 Å². The van der Waals surface area contributed by atoms with Gasteiger partial charge in [-0.2, -0.15) is 0 Å². The van der Waals surface area contributed by atoms with Crippen molar-refractivity contribution < 1.29 is 9.53 Å². The molecule has 1 aromatic carbocycles. The molecular formula is C15H16N2O3. The number of para-hydroxylation sites is 2. The van der Waals surface area contributed by atoms with E-state index >= 15 is 0 Å². The van der Waals surface area contributed by atoms with Gasteiger partial charge in [-0.25, -0.2) is 0 Å². The molecule has 0 atom stereocenters. The van der Waals surface area contributed by atoms with Gasteiger partial charge in [0.05, 0.1) is 11.8 Å². The van der Waals surface area contributed by atoms with E-state index in [9.17, 15) is 9.59 Å². The van der Waals surface area contributed by atoms with Crippen LogP contribution in [0.5, 0.6) is 5.75 Å². The summed E-state index contributed by atoms with van der Waals surface area (Å²) in [6.45, 7) is 3.82. The van der Waals surface area contributed by atoms with Gasteiger partial charge in [0, 0.05) is 17.8 Å². The predicted octanol–water partition coefficient (Wildman–Crippen LogP) is 2.41. The van der Waals surface area contributed by atoms with Gasteiger partial charge in [0.2, 0.25) is 5.56 Å². The highest BCUT2D eigenvalue weighted by Crippen LogP contribution is 2.25. The standard InChI is InChI=1S/C15H16N2O3/c1-10(2)20-13-6-4-3-5-12(13)17-15(19)11-7-8-16-14(18)9-11/h3-10H,1-2H3,(H,16,18)(H,17,19). The van der Waals surface area contributed by atoms with Crippen LogP contribution in [0.4, 0.5) is 5.69 Å². The van der Waals surface area contributed by atoms with E-state index in [0.29, 0.717) is 17.0 Å². The summed E-state index contributed by atoms with van der Waals surface area (Å²) in [6.07, 6.45) is 1.45. The Morgan fingerprint density at radius 2 is 2.00 bits per heavy atom. The lowest BCUT2D eigenvalue weighted by molar-refractivity contribution is 0.102. The first-order chi connectivity index (χ1) is 9.56. The normalized spacial score (nSPS) is 10.3. The Morgan fingerprint density at radius 1 is 1.25 bits per heavy atom. The molecule has 5 heteroatoms. The molecule has 0 spiro atoms. The number of nitrogens with one attached hydrogen (secondary N) is 2. The summed E-state index contributed by atoms with van der Waals surface area (Å²) in [4.78, 5) is 25.8. The van der Waals surface area contributed by atoms with Crippen LogP contribution in [0, 0.1) is 0 Å². The third-order valence-electron chi connectivity index (χ3n) is 2.54. The Labute approximate surface area is 116 Å². The Kier molecular flexibility index (Phi) is 4.20. The SMILES string of the molecule is CC(C)Oc1ccccc1NC(=O)c1cc[nH]c(=O)c1. The minimum Gasteiger partial charge on any atom is -0.489 e. The van der Waals surface area contributed by atoms with E-state index in [1.54, 1.807) is 24.3 Å². The molecule has 0 aliphatic heterocycles. The number of aromatic amines is 1. The lowest BCUT2D eigenvalue weighted by atomic mass is 10.2. The molecule has 1 amide bonds. The maximum Gasteiger partial charge on any atom is 0.256 e. The first-order valence-corrected chi connectivity index (χ1v) is 6.32. The number of aromatic nitrogens is 1. The van der Waals surface area contributed by atoms with Crippen molar-refractivity contribution in [3.63, 3.8) is 0 Å². The molecular weight excluding hydrogens is 256 g/mol. The summed E-state index contributed by atoms with van der Waals surface area (Å²) in [6, 6.07) is 9.97. The number of hydrogen-bond acceptors (Lipinski definition) is 3. The van der Waals surface area contributed by atoms with Gasteiger partial charge in [-0.1, -0.05) is 12.1 Å². The summed E-state index contributed by atoms with van der Waals surface area (Å²) in [5.41, 5.74) is 0.559. The van der Waals surface area contributed by atoms with Crippen molar-refractivity contribution >= 4 is 11.6 Å². The molecule has 104 valence electrons. The van der Waals surface area contributed by atoms with Crippen molar-refractivity contribution in [3.8, 4) is 5.75 Å². The Bertz CT molecular complexity index is 662. The first-order valence-electron chi connectivity index (χ1n) is 6.32. The van der Waals surface area contributed by atoms with Gasteiger partial charge in [0.25, 0.3) is 5.91 Å². The molecule has 2 rings (SSSR count). The number of carbonyl (C=O) groups is 1. The lowest BCUT2D eigenvalue weighted by Crippen LogP contribution is -2.17. The number of carbonyl (C=O) groups excluding carboxylic acids is 1. The van der Waals surface area contributed by atoms with Crippen molar-refractivity contribution in [2.45, 2.75) is 20.0 Å². The summed E-state index contributed by atoms with van der Waals surface area (Å²) in [5, 5.41) is 2.74. The maximum atomic E-state index is 12.1. The summed E-state index contributed by atoms with van der Waals surface area (Å²) in [7, 11) is 0. The van der Waals surface area contributed by atoms with Crippen LogP contribution in [-0.2, 0) is 0 Å². The fraction of sp³-hybridized carbons (Fsp3) is 0.200. The number of benzene rings is 1. The molecule has 0 aliphatic rings. The van der Waals surface area contributed by atoms with Crippen LogP contribution >= 0.6 is 0 Å². The average Bonchev–Trinajstić information content (AvgIpc) is 2.40. The summed E-state index contributed by atoms with van der Waals surface area (Å²) < 4.78 is 5.62. The quantitative estimate of drug-likeness (QED) is 0.897. The second kappa shape index (κ2) is 6.06. The Balaban J connectivity index is 2.22. The van der Waals surface area contributed by atoms with Crippen LogP contribution in [0.15, 0.2) is 47.4 Å². The molecule has 20 heavy (non-hydrogen) atoms. The number of anilines is 1. The van der Waals surface area contributed by atoms with Gasteiger partial charge in [-0.15, -0.1) is 0 Å². The zero-order valence-electron chi connectivity index (χ0n) is 11.3. The highest BCUT2D eigenvalue weighted by atomic mass is 16.5. The number of ether oxygens (including phenoxy) is 1. The number of rotatable bonds is 4. The van der Waals surface area contributed by atoms with E-state index in [-0.39, 0.29) is 17.6 Å². The lowest BCUT2D eigenvalue weighted by Gasteiger charge is -2.14. The predicted molar refractivity (Wildman–Crippen MR) is 77.2 cm³/mol. The minimum atomic E-state index is -0.351. The van der Waals surface area contributed by atoms with Crippen LogP contribution in [0.3, 0.4) is 0 Å². The van der Waals surface area contributed by atoms with Gasteiger partial charge in [0.1, 0.15) is 5.75 Å². The monoisotopic (exact) mass is 272 g/mol. The van der Waals surface area contributed by atoms with E-state index in [1.807, 2.05) is 19.9 Å². The van der Waals surface area contributed by atoms with Crippen LogP contribution in [0.2, 0.25) is 0 Å². The maximum absolute atomic E-state index is 12.1. The van der Waals surface area contributed by atoms with E-state index in [0.717, 1.165) is 0 Å². The average molecular weight is 272 g/mol. The molecule has 0 saturated heterocycles. The molecule has 0 radical (unpaired) electrons. The number of H-pyrrole nitrogens is 1. The van der Waals surface area contributed by atoms with Gasteiger partial charge < -0.3 is 15.0 Å². The molecule has 2 aromatic rings. The highest BCUT2D eigenvalue weighted by Gasteiger charge is 2.10. The molecule has 5 nitrogen and oxygen atoms in total. The second-order valence-electron chi connectivity index (χ2n) is 4.56. The number of pyridine rings is 1. The zero-order chi connectivity index (χ0) is 14.5. The molecule has 0 saturated carbocycles. The molecule has 1 heterocycles. The fourth-order valence-electron chi connectivity index (χ4n) is 1.71. The molecule has 0 unspecified atom stereocenters. The molecule has 0 bridgehead atoms. The highest BCUT2D eigenvalue weighted by molar-refractivity contribution is 6.04. The smallest absolute Gasteiger partial charge is 0.256 e. The third kappa shape index (κ3) is 3.47. The largest absolute Gasteiger partial charge is 0.489 e. The van der Waals surface area contributed by atoms with Gasteiger partial charge in [-0.3, -0.25) is 9.59 Å². The van der Waals surface area contributed by atoms with E-state index < -0.39 is 0 Å². The first kappa shape index (κ1) is 13.9. The molecule has 2 N–H and O–H groups in total. The Hall–Kier alpha value is -2.56. The third-order valence-corrected chi connectivity index (χ3v) is 2.54. The van der Waals surface area contributed by atoms with Crippen molar-refractivity contribution in [2.75, 3.05) is 5.32 Å². The van der Waals surface area contributed by atoms with Crippen molar-refractivity contribution in [3.05, 3.63) is 58.5 Å².